The number of nitrogens with one attached hydrogen (secondary N) is 1. The highest BCUT2D eigenvalue weighted by molar-refractivity contribution is 6.39. The van der Waals surface area contributed by atoms with E-state index in [2.05, 4.69) is 10.4 Å². The molecule has 146 valence electrons. The molecule has 1 saturated carbocycles. The number of hydrogen-bond donors (Lipinski definition) is 2. The number of methoxy groups -OCH3 is 1. The van der Waals surface area contributed by atoms with Crippen LogP contribution in [-0.2, 0) is 9.59 Å². The molecule has 2 atom stereocenters. The number of halogens is 3. The fourth-order valence-electron chi connectivity index (χ4n) is 3.37. The molecular weight excluding hydrogens is 367 g/mol. The van der Waals surface area contributed by atoms with Gasteiger partial charge in [0, 0.05) is 11.4 Å². The van der Waals surface area contributed by atoms with Gasteiger partial charge in [-0.15, -0.1) is 0 Å². The van der Waals surface area contributed by atoms with Crippen LogP contribution in [0.25, 0.3) is 0 Å². The molecule has 0 unspecified atom stereocenters. The van der Waals surface area contributed by atoms with E-state index in [1.165, 1.54) is 31.4 Å². The first-order valence-corrected chi connectivity index (χ1v) is 8.34. The first kappa shape index (κ1) is 19.2. The van der Waals surface area contributed by atoms with Crippen molar-refractivity contribution in [3.05, 3.63) is 24.3 Å². The van der Waals surface area contributed by atoms with Crippen LogP contribution in [0.5, 0.6) is 5.75 Å². The predicted octanol–water partition coefficient (Wildman–Crippen LogP) is 2.27. The first-order chi connectivity index (χ1) is 12.7. The van der Waals surface area contributed by atoms with Crippen molar-refractivity contribution in [1.29, 1.82) is 0 Å². The van der Waals surface area contributed by atoms with Gasteiger partial charge in [0.2, 0.25) is 0 Å². The summed E-state index contributed by atoms with van der Waals surface area (Å²) in [6.45, 7) is 0. The van der Waals surface area contributed by atoms with Crippen molar-refractivity contribution in [2.24, 2.45) is 11.0 Å². The van der Waals surface area contributed by atoms with E-state index in [1.54, 1.807) is 0 Å². The van der Waals surface area contributed by atoms with Gasteiger partial charge in [-0.3, -0.25) is 9.59 Å². The van der Waals surface area contributed by atoms with Crippen LogP contribution in [0.15, 0.2) is 29.4 Å². The van der Waals surface area contributed by atoms with Crippen molar-refractivity contribution in [2.45, 2.75) is 37.6 Å². The monoisotopic (exact) mass is 385 g/mol. The van der Waals surface area contributed by atoms with Gasteiger partial charge in [0.25, 0.3) is 5.72 Å². The van der Waals surface area contributed by atoms with Crippen molar-refractivity contribution in [3.63, 3.8) is 0 Å². The molecule has 0 radical (unpaired) electrons. The zero-order valence-electron chi connectivity index (χ0n) is 14.4. The van der Waals surface area contributed by atoms with E-state index in [9.17, 15) is 27.9 Å². The number of nitrogens with zero attached hydrogens (tertiary/aromatic N) is 2. The number of anilines is 1. The summed E-state index contributed by atoms with van der Waals surface area (Å²) in [4.78, 5) is 24.6. The number of carbonyl (C=O) groups is 2. The lowest BCUT2D eigenvalue weighted by Crippen LogP contribution is -2.62. The van der Waals surface area contributed by atoms with Crippen LogP contribution >= 0.6 is 0 Å². The number of hydrogen-bond acceptors (Lipinski definition) is 5. The molecule has 2 N–H and O–H groups in total. The summed E-state index contributed by atoms with van der Waals surface area (Å²) < 4.78 is 45.9. The fraction of sp³-hybridized carbons (Fsp3) is 0.471. The Labute approximate surface area is 152 Å². The third-order valence-electron chi connectivity index (χ3n) is 4.77. The molecule has 0 aromatic heterocycles. The van der Waals surface area contributed by atoms with E-state index in [0.717, 1.165) is 0 Å². The summed E-state index contributed by atoms with van der Waals surface area (Å²) in [6, 6.07) is 5.87. The number of ether oxygens (including phenoxy) is 1. The second-order valence-electron chi connectivity index (χ2n) is 6.41. The van der Waals surface area contributed by atoms with Crippen molar-refractivity contribution < 1.29 is 32.6 Å². The minimum Gasteiger partial charge on any atom is -0.497 e. The SMILES string of the molecule is COc1ccc(NC(=O)C(=O)N2N=C3CCCC[C@H]3[C@@]2(O)C(F)(F)F)cc1. The van der Waals surface area contributed by atoms with Gasteiger partial charge in [-0.05, 0) is 43.5 Å². The second kappa shape index (κ2) is 6.84. The third kappa shape index (κ3) is 3.25. The van der Waals surface area contributed by atoms with Gasteiger partial charge in [-0.25, -0.2) is 0 Å². The van der Waals surface area contributed by atoms with E-state index in [-0.39, 0.29) is 29.2 Å². The maximum absolute atomic E-state index is 13.6. The van der Waals surface area contributed by atoms with E-state index < -0.39 is 29.6 Å². The van der Waals surface area contributed by atoms with Gasteiger partial charge in [0.05, 0.1) is 13.0 Å². The van der Waals surface area contributed by atoms with E-state index >= 15 is 0 Å². The molecule has 1 aliphatic carbocycles. The van der Waals surface area contributed by atoms with Crippen molar-refractivity contribution in [1.82, 2.24) is 5.01 Å². The summed E-state index contributed by atoms with van der Waals surface area (Å²) in [5.74, 6) is -3.76. The Morgan fingerprint density at radius 2 is 1.96 bits per heavy atom. The van der Waals surface area contributed by atoms with Crippen LogP contribution in [0.1, 0.15) is 25.7 Å². The van der Waals surface area contributed by atoms with Crippen LogP contribution < -0.4 is 10.1 Å². The molecule has 0 spiro atoms. The van der Waals surface area contributed by atoms with Crippen molar-refractivity contribution in [3.8, 4) is 5.75 Å². The number of hydrazone groups is 1. The van der Waals surface area contributed by atoms with Crippen molar-refractivity contribution >= 4 is 23.2 Å². The Morgan fingerprint density at radius 3 is 2.56 bits per heavy atom. The molecule has 0 bridgehead atoms. The van der Waals surface area contributed by atoms with Gasteiger partial charge in [0.1, 0.15) is 5.75 Å². The number of aliphatic hydroxyl groups is 1. The summed E-state index contributed by atoms with van der Waals surface area (Å²) in [6.07, 6.45) is -3.78. The average Bonchev–Trinajstić information content (AvgIpc) is 2.96. The number of fused-ring (bicyclic) bond motifs is 1. The molecule has 3 rings (SSSR count). The number of rotatable bonds is 2. The van der Waals surface area contributed by atoms with Crippen LogP contribution in [0.2, 0.25) is 0 Å². The predicted molar refractivity (Wildman–Crippen MR) is 88.9 cm³/mol. The van der Waals surface area contributed by atoms with Crippen LogP contribution in [0.4, 0.5) is 18.9 Å². The Bertz CT molecular complexity index is 779. The maximum Gasteiger partial charge on any atom is 0.439 e. The quantitative estimate of drug-likeness (QED) is 0.764. The molecule has 7 nitrogen and oxygen atoms in total. The van der Waals surface area contributed by atoms with Crippen LogP contribution in [-0.4, -0.2) is 46.7 Å². The van der Waals surface area contributed by atoms with Gasteiger partial charge >= 0.3 is 18.0 Å². The maximum atomic E-state index is 13.6. The third-order valence-corrected chi connectivity index (χ3v) is 4.77. The minimum atomic E-state index is -5.16. The summed E-state index contributed by atoms with van der Waals surface area (Å²) in [5, 5.41) is 16.2. The van der Waals surface area contributed by atoms with E-state index in [1.807, 2.05) is 0 Å². The standard InChI is InChI=1S/C17H18F3N3O4/c1-27-11-8-6-10(7-9-11)21-14(24)15(25)23-16(26,17(18,19)20)12-4-2-3-5-13(12)22-23/h6-9,12,26H,2-5H2,1H3,(H,21,24)/t12-,16-/m1/s1. The zero-order valence-corrected chi connectivity index (χ0v) is 14.4. The van der Waals surface area contributed by atoms with E-state index in [0.29, 0.717) is 18.6 Å². The molecule has 2 aliphatic rings. The highest BCUT2D eigenvalue weighted by Gasteiger charge is 2.69. The molecule has 27 heavy (non-hydrogen) atoms. The Morgan fingerprint density at radius 1 is 1.30 bits per heavy atom. The van der Waals surface area contributed by atoms with Crippen LogP contribution in [0, 0.1) is 5.92 Å². The molecule has 1 heterocycles. The van der Waals surface area contributed by atoms with Crippen LogP contribution in [0.3, 0.4) is 0 Å². The first-order valence-electron chi connectivity index (χ1n) is 8.34. The molecule has 0 saturated heterocycles. The second-order valence-corrected chi connectivity index (χ2v) is 6.41. The highest BCUT2D eigenvalue weighted by atomic mass is 19.4. The Kier molecular flexibility index (Phi) is 4.85. The van der Waals surface area contributed by atoms with Gasteiger partial charge in [0.15, 0.2) is 0 Å². The summed E-state index contributed by atoms with van der Waals surface area (Å²) in [7, 11) is 1.45. The van der Waals surface area contributed by atoms with Gasteiger partial charge in [-0.1, -0.05) is 6.42 Å². The molecule has 2 amide bonds. The highest BCUT2D eigenvalue weighted by Crippen LogP contribution is 2.48. The number of amides is 2. The lowest BCUT2D eigenvalue weighted by Gasteiger charge is -2.37. The normalized spacial score (nSPS) is 24.9. The average molecular weight is 385 g/mol. The molecule has 1 aromatic carbocycles. The number of carbonyl (C=O) groups excluding carboxylic acids is 2. The summed E-state index contributed by atoms with van der Waals surface area (Å²) >= 11 is 0. The lowest BCUT2D eigenvalue weighted by atomic mass is 9.80. The molecule has 1 fully saturated rings. The number of benzene rings is 1. The topological polar surface area (TPSA) is 91.2 Å². The van der Waals surface area contributed by atoms with Crippen molar-refractivity contribution in [2.75, 3.05) is 12.4 Å². The summed E-state index contributed by atoms with van der Waals surface area (Å²) in [5.41, 5.74) is -3.24. The fourth-order valence-corrected chi connectivity index (χ4v) is 3.37. The van der Waals surface area contributed by atoms with Gasteiger partial charge in [-0.2, -0.15) is 23.3 Å². The number of alkyl halides is 3. The minimum absolute atomic E-state index is 0.0404. The lowest BCUT2D eigenvalue weighted by molar-refractivity contribution is -0.316. The zero-order chi connectivity index (χ0) is 19.8. The molecule has 1 aromatic rings. The molecule has 10 heteroatoms. The Balaban J connectivity index is 1.84. The smallest absolute Gasteiger partial charge is 0.439 e. The molecule has 1 aliphatic heterocycles. The van der Waals surface area contributed by atoms with Gasteiger partial charge < -0.3 is 15.2 Å². The molecular formula is C17H18F3N3O4. The Hall–Kier alpha value is -2.62. The largest absolute Gasteiger partial charge is 0.497 e. The van der Waals surface area contributed by atoms with E-state index in [4.69, 9.17) is 4.74 Å².